The molecule has 1 aliphatic carbocycles. The number of nitrogens with zero attached hydrogens (tertiary/aromatic N) is 4. The van der Waals surface area contributed by atoms with Gasteiger partial charge in [-0.15, -0.1) is 0 Å². The smallest absolute Gasteiger partial charge is 0.278 e. The van der Waals surface area contributed by atoms with E-state index in [0.29, 0.717) is 24.0 Å². The zero-order chi connectivity index (χ0) is 19.8. The van der Waals surface area contributed by atoms with Gasteiger partial charge in [-0.2, -0.15) is 10.1 Å². The molecule has 1 N–H and O–H groups in total. The summed E-state index contributed by atoms with van der Waals surface area (Å²) in [5.41, 5.74) is 4.02. The molecule has 5 rings (SSSR count). The van der Waals surface area contributed by atoms with Crippen LogP contribution in [0.15, 0.2) is 65.2 Å². The first-order chi connectivity index (χ1) is 14.1. The predicted molar refractivity (Wildman–Crippen MR) is 109 cm³/mol. The van der Waals surface area contributed by atoms with Crippen molar-refractivity contribution in [2.75, 3.05) is 0 Å². The van der Waals surface area contributed by atoms with Crippen molar-refractivity contribution < 1.29 is 9.63 Å². The molecule has 0 spiro atoms. The molecule has 2 aromatic heterocycles. The molecule has 0 aliphatic heterocycles. The minimum absolute atomic E-state index is 0.406. The number of aliphatic hydroxyl groups is 1. The lowest BCUT2D eigenvalue weighted by molar-refractivity contribution is -0.0388. The van der Waals surface area contributed by atoms with E-state index in [-0.39, 0.29) is 0 Å². The molecule has 6 heteroatoms. The zero-order valence-corrected chi connectivity index (χ0v) is 16.2. The summed E-state index contributed by atoms with van der Waals surface area (Å²) in [4.78, 5) is 4.49. The van der Waals surface area contributed by atoms with Crippen LogP contribution >= 0.6 is 0 Å². The van der Waals surface area contributed by atoms with Crippen LogP contribution in [0.1, 0.15) is 36.1 Å². The van der Waals surface area contributed by atoms with Gasteiger partial charge in [0.2, 0.25) is 5.82 Å². The highest BCUT2D eigenvalue weighted by Crippen LogP contribution is 2.41. The van der Waals surface area contributed by atoms with Gasteiger partial charge < -0.3 is 9.63 Å². The second kappa shape index (κ2) is 6.97. The van der Waals surface area contributed by atoms with Crippen molar-refractivity contribution in [3.8, 4) is 23.0 Å². The molecule has 0 unspecified atom stereocenters. The largest absolute Gasteiger partial charge is 0.385 e. The number of hydrogen-bond donors (Lipinski definition) is 1. The molecule has 146 valence electrons. The lowest BCUT2D eigenvalue weighted by atomic mass is 9.75. The van der Waals surface area contributed by atoms with Gasteiger partial charge in [0.25, 0.3) is 5.89 Å². The van der Waals surface area contributed by atoms with Crippen LogP contribution < -0.4 is 0 Å². The van der Waals surface area contributed by atoms with Crippen molar-refractivity contribution in [3.63, 3.8) is 0 Å². The zero-order valence-electron chi connectivity index (χ0n) is 16.2. The minimum atomic E-state index is -0.655. The third kappa shape index (κ3) is 3.36. The van der Waals surface area contributed by atoms with Gasteiger partial charge in [0, 0.05) is 11.3 Å². The van der Waals surface area contributed by atoms with Crippen LogP contribution in [-0.2, 0) is 12.1 Å². The second-order valence-electron chi connectivity index (χ2n) is 7.70. The molecular formula is C23H22N4O2. The van der Waals surface area contributed by atoms with Gasteiger partial charge in [0.15, 0.2) is 5.69 Å². The van der Waals surface area contributed by atoms with Gasteiger partial charge in [0.05, 0.1) is 12.1 Å². The van der Waals surface area contributed by atoms with Crippen LogP contribution in [0, 0.1) is 6.92 Å². The Morgan fingerprint density at radius 1 is 1.07 bits per heavy atom. The normalized spacial score (nSPS) is 15.2. The van der Waals surface area contributed by atoms with Crippen LogP contribution in [-0.4, -0.2) is 25.0 Å². The van der Waals surface area contributed by atoms with Gasteiger partial charge in [0.1, 0.15) is 0 Å². The lowest BCUT2D eigenvalue weighted by Crippen LogP contribution is -2.33. The van der Waals surface area contributed by atoms with Gasteiger partial charge in [-0.25, -0.2) is 0 Å². The summed E-state index contributed by atoms with van der Waals surface area (Å²) in [6, 6.07) is 19.8. The summed E-state index contributed by atoms with van der Waals surface area (Å²) >= 11 is 0. The van der Waals surface area contributed by atoms with Gasteiger partial charge in [-0.1, -0.05) is 59.8 Å². The summed E-state index contributed by atoms with van der Waals surface area (Å²) in [5.74, 6) is 0.956. The van der Waals surface area contributed by atoms with Crippen molar-refractivity contribution in [2.45, 2.75) is 38.3 Å². The van der Waals surface area contributed by atoms with Crippen molar-refractivity contribution in [2.24, 2.45) is 0 Å². The van der Waals surface area contributed by atoms with E-state index in [1.165, 1.54) is 0 Å². The molecule has 0 radical (unpaired) electrons. The molecule has 29 heavy (non-hydrogen) atoms. The first-order valence-corrected chi connectivity index (χ1v) is 9.86. The minimum Gasteiger partial charge on any atom is -0.385 e. The summed E-state index contributed by atoms with van der Waals surface area (Å²) in [6.45, 7) is 2.63. The first-order valence-electron chi connectivity index (χ1n) is 9.86. The van der Waals surface area contributed by atoms with E-state index in [0.717, 1.165) is 41.6 Å². The molecule has 6 nitrogen and oxygen atoms in total. The maximum absolute atomic E-state index is 10.6. The predicted octanol–water partition coefficient (Wildman–Crippen LogP) is 4.33. The fourth-order valence-electron chi connectivity index (χ4n) is 3.74. The average molecular weight is 386 g/mol. The topological polar surface area (TPSA) is 77.0 Å². The molecule has 0 amide bonds. The Morgan fingerprint density at radius 2 is 1.90 bits per heavy atom. The Balaban J connectivity index is 1.39. The number of hydrogen-bond acceptors (Lipinski definition) is 5. The number of benzene rings is 2. The number of aromatic nitrogens is 4. The number of aryl methyl sites for hydroxylation is 1. The van der Waals surface area contributed by atoms with Crippen LogP contribution in [0.5, 0.6) is 0 Å². The average Bonchev–Trinajstić information content (AvgIpc) is 3.35. The van der Waals surface area contributed by atoms with Crippen molar-refractivity contribution >= 4 is 0 Å². The Kier molecular flexibility index (Phi) is 4.28. The van der Waals surface area contributed by atoms with E-state index >= 15 is 0 Å². The van der Waals surface area contributed by atoms with E-state index in [4.69, 9.17) is 4.52 Å². The molecule has 2 heterocycles. The van der Waals surface area contributed by atoms with Crippen molar-refractivity contribution in [1.82, 2.24) is 19.9 Å². The SMILES string of the molecule is Cc1cc(-c2nc(-c3ccccc3)no2)nn1Cc1cccc(C2(O)CCC2)c1. The highest BCUT2D eigenvalue weighted by atomic mass is 16.5. The summed E-state index contributed by atoms with van der Waals surface area (Å²) in [6.07, 6.45) is 2.75. The molecule has 0 bridgehead atoms. The Morgan fingerprint density at radius 3 is 2.66 bits per heavy atom. The summed E-state index contributed by atoms with van der Waals surface area (Å²) < 4.78 is 7.36. The highest BCUT2D eigenvalue weighted by Gasteiger charge is 2.36. The van der Waals surface area contributed by atoms with Gasteiger partial charge >= 0.3 is 0 Å². The molecule has 1 aliphatic rings. The fraction of sp³-hybridized carbons (Fsp3) is 0.261. The third-order valence-corrected chi connectivity index (χ3v) is 5.64. The van der Waals surface area contributed by atoms with Crippen LogP contribution in [0.3, 0.4) is 0 Å². The maximum atomic E-state index is 10.6. The van der Waals surface area contributed by atoms with Crippen LogP contribution in [0.25, 0.3) is 23.0 Å². The Labute approximate surface area is 168 Å². The Hall–Kier alpha value is -3.25. The Bertz CT molecular complexity index is 1140. The van der Waals surface area contributed by atoms with E-state index < -0.39 is 5.60 Å². The standard InChI is InChI=1S/C23H22N4O2/c1-16-13-20(22-24-21(26-29-22)18-8-3-2-4-9-18)25-27(16)15-17-7-5-10-19(14-17)23(28)11-6-12-23/h2-5,7-10,13-14,28H,6,11-12,15H2,1H3. The molecular weight excluding hydrogens is 364 g/mol. The van der Waals surface area contributed by atoms with Crippen LogP contribution in [0.2, 0.25) is 0 Å². The fourth-order valence-corrected chi connectivity index (χ4v) is 3.74. The monoisotopic (exact) mass is 386 g/mol. The molecule has 1 fully saturated rings. The number of rotatable bonds is 5. The third-order valence-electron chi connectivity index (χ3n) is 5.64. The molecule has 4 aromatic rings. The quantitative estimate of drug-likeness (QED) is 0.552. The second-order valence-corrected chi connectivity index (χ2v) is 7.70. The van der Waals surface area contributed by atoms with E-state index in [1.807, 2.05) is 60.1 Å². The summed E-state index contributed by atoms with van der Waals surface area (Å²) in [5, 5.41) is 19.4. The lowest BCUT2D eigenvalue weighted by Gasteiger charge is -2.37. The maximum Gasteiger partial charge on any atom is 0.278 e. The first kappa shape index (κ1) is 17.8. The van der Waals surface area contributed by atoms with Crippen LogP contribution in [0.4, 0.5) is 0 Å². The van der Waals surface area contributed by atoms with Gasteiger partial charge in [-0.3, -0.25) is 4.68 Å². The highest BCUT2D eigenvalue weighted by molar-refractivity contribution is 5.57. The van der Waals surface area contributed by atoms with E-state index in [9.17, 15) is 5.11 Å². The van der Waals surface area contributed by atoms with Crippen molar-refractivity contribution in [3.05, 3.63) is 77.5 Å². The van der Waals surface area contributed by atoms with Crippen molar-refractivity contribution in [1.29, 1.82) is 0 Å². The van der Waals surface area contributed by atoms with Gasteiger partial charge in [-0.05, 0) is 43.4 Å². The van der Waals surface area contributed by atoms with E-state index in [2.05, 4.69) is 27.4 Å². The van der Waals surface area contributed by atoms with E-state index in [1.54, 1.807) is 0 Å². The molecule has 1 saturated carbocycles. The molecule has 2 aromatic carbocycles. The molecule has 0 atom stereocenters. The summed E-state index contributed by atoms with van der Waals surface area (Å²) in [7, 11) is 0. The molecule has 0 saturated heterocycles.